The van der Waals surface area contributed by atoms with Crippen molar-refractivity contribution in [1.82, 2.24) is 4.90 Å². The Labute approximate surface area is 133 Å². The Hall–Kier alpha value is -1.26. The number of hydrogen-bond acceptors (Lipinski definition) is 4. The summed E-state index contributed by atoms with van der Waals surface area (Å²) in [5.41, 5.74) is 4.15. The number of nitrogens with zero attached hydrogens (tertiary/aromatic N) is 2. The lowest BCUT2D eigenvalue weighted by molar-refractivity contribution is 0.646. The van der Waals surface area contributed by atoms with E-state index in [2.05, 4.69) is 47.3 Å². The molecule has 2 aromatic rings. The summed E-state index contributed by atoms with van der Waals surface area (Å²) in [4.78, 5) is 8.54. The molecule has 0 atom stereocenters. The minimum absolute atomic E-state index is 0.936. The monoisotopic (exact) mass is 314 g/mol. The molecule has 0 amide bonds. The van der Waals surface area contributed by atoms with Crippen LogP contribution in [-0.4, -0.2) is 23.2 Å². The molecule has 2 aliphatic heterocycles. The first kappa shape index (κ1) is 13.4. The van der Waals surface area contributed by atoms with Gasteiger partial charge in [0.1, 0.15) is 0 Å². The van der Waals surface area contributed by atoms with Crippen LogP contribution in [0.5, 0.6) is 0 Å². The minimum Gasteiger partial charge on any atom is -0.318 e. The third-order valence-corrected chi connectivity index (χ3v) is 6.31. The summed E-state index contributed by atoms with van der Waals surface area (Å²) in [5, 5.41) is 4.85. The predicted molar refractivity (Wildman–Crippen MR) is 95.0 cm³/mol. The number of aryl methyl sites for hydroxylation is 1. The highest BCUT2D eigenvalue weighted by atomic mass is 32.2. The highest BCUT2D eigenvalue weighted by Crippen LogP contribution is 2.44. The van der Waals surface area contributed by atoms with Gasteiger partial charge in [0, 0.05) is 21.7 Å². The van der Waals surface area contributed by atoms with Crippen molar-refractivity contribution in [1.29, 1.82) is 0 Å². The molecule has 0 N–H and O–H groups in total. The third-order valence-electron chi connectivity index (χ3n) is 4.07. The topological polar surface area (TPSA) is 15.6 Å². The fourth-order valence-electron chi connectivity index (χ4n) is 3.05. The number of benzene rings is 1. The second kappa shape index (κ2) is 5.18. The lowest BCUT2D eigenvalue weighted by Crippen LogP contribution is -2.19. The molecule has 1 aromatic heterocycles. The molecular formula is C17H18N2S2. The van der Waals surface area contributed by atoms with Crippen LogP contribution in [0.4, 0.5) is 0 Å². The Morgan fingerprint density at radius 1 is 1.33 bits per heavy atom. The Balaban J connectivity index is 1.83. The van der Waals surface area contributed by atoms with Gasteiger partial charge in [0.05, 0.1) is 12.2 Å². The fourth-order valence-corrected chi connectivity index (χ4v) is 5.33. The van der Waals surface area contributed by atoms with Gasteiger partial charge in [-0.2, -0.15) is 0 Å². The predicted octanol–water partition coefficient (Wildman–Crippen LogP) is 5.10. The molecule has 0 saturated carbocycles. The number of amidine groups is 1. The van der Waals surface area contributed by atoms with Crippen molar-refractivity contribution in [2.45, 2.75) is 26.7 Å². The van der Waals surface area contributed by atoms with Crippen LogP contribution < -0.4 is 0 Å². The maximum Gasteiger partial charge on any atom is 0.168 e. The van der Waals surface area contributed by atoms with Crippen LogP contribution >= 0.6 is 23.1 Å². The molecule has 0 fully saturated rings. The molecule has 4 heteroatoms. The van der Waals surface area contributed by atoms with Crippen molar-refractivity contribution in [2.24, 2.45) is 4.99 Å². The fraction of sp³-hybridized carbons (Fsp3) is 0.353. The van der Waals surface area contributed by atoms with E-state index in [0.29, 0.717) is 0 Å². The maximum atomic E-state index is 4.64. The summed E-state index contributed by atoms with van der Waals surface area (Å²) >= 11 is 3.73. The van der Waals surface area contributed by atoms with Crippen LogP contribution in [0.2, 0.25) is 0 Å². The number of allylic oxidation sites excluding steroid dienone is 1. The van der Waals surface area contributed by atoms with Crippen LogP contribution in [0.25, 0.3) is 15.8 Å². The number of fused-ring (bicyclic) bond motifs is 2. The molecule has 21 heavy (non-hydrogen) atoms. The zero-order valence-corrected chi connectivity index (χ0v) is 14.0. The Morgan fingerprint density at radius 2 is 2.24 bits per heavy atom. The average molecular weight is 314 g/mol. The molecule has 3 heterocycles. The summed E-state index contributed by atoms with van der Waals surface area (Å²) in [6, 6.07) is 6.93. The normalized spacial score (nSPS) is 17.8. The van der Waals surface area contributed by atoms with Crippen molar-refractivity contribution in [3.05, 3.63) is 39.6 Å². The Kier molecular flexibility index (Phi) is 3.31. The number of thiophene rings is 1. The highest BCUT2D eigenvalue weighted by molar-refractivity contribution is 8.17. The quantitative estimate of drug-likeness (QED) is 0.783. The van der Waals surface area contributed by atoms with E-state index < -0.39 is 0 Å². The zero-order valence-electron chi connectivity index (χ0n) is 12.3. The molecule has 4 rings (SSSR count). The van der Waals surface area contributed by atoms with Gasteiger partial charge in [-0.05, 0) is 35.7 Å². The van der Waals surface area contributed by atoms with Gasteiger partial charge < -0.3 is 4.90 Å². The standard InChI is InChI=1S/C17H18N2S2/c1-3-4-14-16(19-8-7-18-17(19)21-14)12-5-6-13-11(2)10-20-15(13)9-12/h5-6,9-10H,3-4,7-8H2,1-2H3. The second-order valence-corrected chi connectivity index (χ2v) is 7.54. The summed E-state index contributed by atoms with van der Waals surface area (Å²) < 4.78 is 1.39. The average Bonchev–Trinajstić information content (AvgIpc) is 3.14. The first-order valence-corrected chi connectivity index (χ1v) is 9.18. The Bertz CT molecular complexity index is 770. The van der Waals surface area contributed by atoms with E-state index >= 15 is 0 Å². The maximum absolute atomic E-state index is 4.64. The number of hydrogen-bond donors (Lipinski definition) is 0. The SMILES string of the molecule is CCCC1=C(c2ccc3c(C)csc3c2)N2CCN=C2S1. The van der Waals surface area contributed by atoms with Gasteiger partial charge in [-0.25, -0.2) is 0 Å². The van der Waals surface area contributed by atoms with Gasteiger partial charge in [-0.15, -0.1) is 11.3 Å². The van der Waals surface area contributed by atoms with Crippen molar-refractivity contribution in [3.8, 4) is 0 Å². The summed E-state index contributed by atoms with van der Waals surface area (Å²) in [7, 11) is 0. The van der Waals surface area contributed by atoms with Crippen LogP contribution in [0.15, 0.2) is 33.5 Å². The molecule has 0 unspecified atom stereocenters. The zero-order chi connectivity index (χ0) is 14.4. The second-order valence-electron chi connectivity index (χ2n) is 5.57. The molecule has 0 aliphatic carbocycles. The molecule has 1 aromatic carbocycles. The van der Waals surface area contributed by atoms with E-state index in [-0.39, 0.29) is 0 Å². The molecule has 108 valence electrons. The summed E-state index contributed by atoms with van der Waals surface area (Å²) in [6.07, 6.45) is 2.34. The van der Waals surface area contributed by atoms with Crippen LogP contribution in [-0.2, 0) is 0 Å². The van der Waals surface area contributed by atoms with Gasteiger partial charge in [0.25, 0.3) is 0 Å². The van der Waals surface area contributed by atoms with Crippen molar-refractivity contribution >= 4 is 44.0 Å². The molecule has 0 bridgehead atoms. The van der Waals surface area contributed by atoms with E-state index in [1.807, 2.05) is 23.1 Å². The van der Waals surface area contributed by atoms with Crippen LogP contribution in [0.1, 0.15) is 30.9 Å². The first-order chi connectivity index (χ1) is 10.3. The lowest BCUT2D eigenvalue weighted by atomic mass is 10.1. The first-order valence-electron chi connectivity index (χ1n) is 7.49. The number of thioether (sulfide) groups is 1. The molecular weight excluding hydrogens is 296 g/mol. The van der Waals surface area contributed by atoms with E-state index in [1.165, 1.54) is 43.4 Å². The molecule has 0 saturated heterocycles. The van der Waals surface area contributed by atoms with Gasteiger partial charge >= 0.3 is 0 Å². The van der Waals surface area contributed by atoms with Crippen molar-refractivity contribution < 1.29 is 0 Å². The van der Waals surface area contributed by atoms with Crippen LogP contribution in [0, 0.1) is 6.92 Å². The van der Waals surface area contributed by atoms with E-state index in [0.717, 1.165) is 19.5 Å². The van der Waals surface area contributed by atoms with Crippen LogP contribution in [0.3, 0.4) is 0 Å². The number of aliphatic imine (C=N–C) groups is 1. The van der Waals surface area contributed by atoms with E-state index in [4.69, 9.17) is 0 Å². The highest BCUT2D eigenvalue weighted by Gasteiger charge is 2.32. The lowest BCUT2D eigenvalue weighted by Gasteiger charge is -2.17. The largest absolute Gasteiger partial charge is 0.318 e. The molecule has 2 nitrogen and oxygen atoms in total. The van der Waals surface area contributed by atoms with E-state index in [1.54, 1.807) is 0 Å². The van der Waals surface area contributed by atoms with Crippen molar-refractivity contribution in [3.63, 3.8) is 0 Å². The summed E-state index contributed by atoms with van der Waals surface area (Å²) in [6.45, 7) is 6.41. The number of rotatable bonds is 3. The van der Waals surface area contributed by atoms with Crippen molar-refractivity contribution in [2.75, 3.05) is 13.1 Å². The Morgan fingerprint density at radius 3 is 3.10 bits per heavy atom. The van der Waals surface area contributed by atoms with Gasteiger partial charge in [0.2, 0.25) is 0 Å². The minimum atomic E-state index is 0.936. The third kappa shape index (κ3) is 2.12. The van der Waals surface area contributed by atoms with Gasteiger partial charge in [-0.3, -0.25) is 4.99 Å². The molecule has 2 aliphatic rings. The smallest absolute Gasteiger partial charge is 0.168 e. The van der Waals surface area contributed by atoms with Gasteiger partial charge in [0.15, 0.2) is 5.17 Å². The summed E-state index contributed by atoms with van der Waals surface area (Å²) in [5.74, 6) is 0. The van der Waals surface area contributed by atoms with E-state index in [9.17, 15) is 0 Å². The molecule has 0 spiro atoms. The molecule has 0 radical (unpaired) electrons. The van der Waals surface area contributed by atoms with Gasteiger partial charge in [-0.1, -0.05) is 37.2 Å².